The number of benzene rings is 1. The van der Waals surface area contributed by atoms with E-state index < -0.39 is 0 Å². The zero-order valence-electron chi connectivity index (χ0n) is 18.1. The second-order valence-electron chi connectivity index (χ2n) is 8.01. The normalized spacial score (nSPS) is 13.2. The average molecular weight is 447 g/mol. The van der Waals surface area contributed by atoms with Crippen molar-refractivity contribution < 1.29 is 23.5 Å². The second kappa shape index (κ2) is 8.05. The number of carbonyl (C=O) groups excluding carboxylic acids is 2. The van der Waals surface area contributed by atoms with Crippen LogP contribution in [0.4, 0.5) is 0 Å². The van der Waals surface area contributed by atoms with Gasteiger partial charge in [0.15, 0.2) is 0 Å². The molecule has 168 valence electrons. The maximum absolute atomic E-state index is 13.1. The van der Waals surface area contributed by atoms with Crippen LogP contribution < -0.4 is 10.2 Å². The standard InChI is InChI=1S/C23H21N5O5/c1-13-19(11-25-22(29)17-6-8-32-14(17)2)18-5-7-27(12-16(18)10-24-13)23(30)15-3-4-21-20(9-15)26-33-28(21)31/h3-4,6,8-10H,5,7,11-12H2,1-2H3,(H,25,29). The van der Waals surface area contributed by atoms with E-state index in [1.165, 1.54) is 12.3 Å². The fraction of sp³-hybridized carbons (Fsp3) is 0.261. The van der Waals surface area contributed by atoms with Crippen LogP contribution in [0.15, 0.2) is 45.8 Å². The molecule has 2 amide bonds. The van der Waals surface area contributed by atoms with Crippen molar-refractivity contribution in [2.24, 2.45) is 0 Å². The topological polar surface area (TPSA) is 128 Å². The van der Waals surface area contributed by atoms with Gasteiger partial charge in [0.2, 0.25) is 11.0 Å². The molecule has 3 aromatic heterocycles. The molecule has 10 nitrogen and oxygen atoms in total. The van der Waals surface area contributed by atoms with Crippen molar-refractivity contribution in [3.05, 3.63) is 81.2 Å². The number of hydrogen-bond acceptors (Lipinski definition) is 7. The molecule has 5 rings (SSSR count). The number of aromatic nitrogens is 3. The minimum Gasteiger partial charge on any atom is -0.469 e. The summed E-state index contributed by atoms with van der Waals surface area (Å²) in [6, 6.07) is 6.32. The van der Waals surface area contributed by atoms with Crippen LogP contribution in [0.5, 0.6) is 0 Å². The van der Waals surface area contributed by atoms with E-state index in [-0.39, 0.29) is 17.3 Å². The molecule has 0 spiro atoms. The van der Waals surface area contributed by atoms with Crippen molar-refractivity contribution >= 4 is 22.8 Å². The van der Waals surface area contributed by atoms with Gasteiger partial charge in [-0.1, -0.05) is 0 Å². The van der Waals surface area contributed by atoms with Crippen LogP contribution in [-0.4, -0.2) is 33.4 Å². The van der Waals surface area contributed by atoms with Gasteiger partial charge in [0.05, 0.1) is 11.8 Å². The number of carbonyl (C=O) groups is 2. The van der Waals surface area contributed by atoms with E-state index in [0.29, 0.717) is 53.4 Å². The summed E-state index contributed by atoms with van der Waals surface area (Å²) in [6.45, 7) is 4.93. The highest BCUT2D eigenvalue weighted by molar-refractivity contribution is 5.97. The second-order valence-corrected chi connectivity index (χ2v) is 8.01. The van der Waals surface area contributed by atoms with E-state index in [9.17, 15) is 14.8 Å². The number of nitrogens with one attached hydrogen (secondary N) is 1. The van der Waals surface area contributed by atoms with E-state index in [1.807, 2.05) is 6.92 Å². The van der Waals surface area contributed by atoms with Gasteiger partial charge in [-0.3, -0.25) is 19.2 Å². The smallest absolute Gasteiger partial charge is 0.255 e. The summed E-state index contributed by atoms with van der Waals surface area (Å²) in [6.07, 6.45) is 3.93. The predicted molar refractivity (Wildman–Crippen MR) is 115 cm³/mol. The van der Waals surface area contributed by atoms with Gasteiger partial charge in [-0.05, 0) is 60.1 Å². The molecule has 33 heavy (non-hydrogen) atoms. The van der Waals surface area contributed by atoms with Crippen molar-refractivity contribution in [2.75, 3.05) is 6.54 Å². The summed E-state index contributed by atoms with van der Waals surface area (Å²) in [5, 5.41) is 18.1. The molecule has 4 aromatic rings. The van der Waals surface area contributed by atoms with Gasteiger partial charge in [0.25, 0.3) is 11.8 Å². The first kappa shape index (κ1) is 20.7. The molecule has 0 radical (unpaired) electrons. The first-order valence-corrected chi connectivity index (χ1v) is 10.5. The number of hydrogen-bond donors (Lipinski definition) is 1. The van der Waals surface area contributed by atoms with Crippen molar-refractivity contribution in [1.29, 1.82) is 0 Å². The van der Waals surface area contributed by atoms with Gasteiger partial charge >= 0.3 is 0 Å². The molecule has 0 saturated carbocycles. The molecular formula is C23H21N5O5. The third-order valence-corrected chi connectivity index (χ3v) is 6.04. The molecule has 0 saturated heterocycles. The molecular weight excluding hydrogens is 426 g/mol. The Morgan fingerprint density at radius 1 is 1.27 bits per heavy atom. The Hall–Kier alpha value is -4.21. The van der Waals surface area contributed by atoms with Gasteiger partial charge in [-0.15, -0.1) is 0 Å². The largest absolute Gasteiger partial charge is 0.469 e. The SMILES string of the molecule is Cc1ncc2c(c1CNC(=O)c1ccoc1C)CCN(C(=O)c1ccc3c(c1)no[n+]3[O-])C2. The molecule has 1 aliphatic rings. The van der Waals surface area contributed by atoms with Crippen molar-refractivity contribution in [3.8, 4) is 0 Å². The van der Waals surface area contributed by atoms with Crippen LogP contribution in [0, 0.1) is 19.1 Å². The van der Waals surface area contributed by atoms with Gasteiger partial charge in [-0.2, -0.15) is 0 Å². The Balaban J connectivity index is 1.34. The number of fused-ring (bicyclic) bond motifs is 2. The van der Waals surface area contributed by atoms with E-state index in [2.05, 4.69) is 20.1 Å². The van der Waals surface area contributed by atoms with E-state index in [1.54, 1.807) is 36.2 Å². The molecule has 1 N–H and O–H groups in total. The third kappa shape index (κ3) is 3.69. The predicted octanol–water partition coefficient (Wildman–Crippen LogP) is 2.19. The van der Waals surface area contributed by atoms with Gasteiger partial charge in [-0.25, -0.2) is 0 Å². The van der Waals surface area contributed by atoms with Gasteiger partial charge in [0, 0.05) is 48.3 Å². The maximum atomic E-state index is 13.1. The Morgan fingerprint density at radius 3 is 2.91 bits per heavy atom. The van der Waals surface area contributed by atoms with Crippen molar-refractivity contribution in [1.82, 2.24) is 20.4 Å². The average Bonchev–Trinajstić information content (AvgIpc) is 3.42. The number of pyridine rings is 1. The first-order valence-electron chi connectivity index (χ1n) is 10.5. The molecule has 4 heterocycles. The number of amides is 2. The molecule has 1 aromatic carbocycles. The van der Waals surface area contributed by atoms with E-state index in [0.717, 1.165) is 22.4 Å². The number of furan rings is 1. The lowest BCUT2D eigenvalue weighted by molar-refractivity contribution is -0.782. The number of rotatable bonds is 4. The Bertz CT molecular complexity index is 1390. The summed E-state index contributed by atoms with van der Waals surface area (Å²) >= 11 is 0. The van der Waals surface area contributed by atoms with E-state index >= 15 is 0 Å². The lowest BCUT2D eigenvalue weighted by Crippen LogP contribution is -2.37. The first-order chi connectivity index (χ1) is 15.9. The van der Waals surface area contributed by atoms with Gasteiger partial charge in [0.1, 0.15) is 5.76 Å². The quantitative estimate of drug-likeness (QED) is 0.475. The van der Waals surface area contributed by atoms with Crippen LogP contribution >= 0.6 is 0 Å². The lowest BCUT2D eigenvalue weighted by Gasteiger charge is -2.30. The lowest BCUT2D eigenvalue weighted by atomic mass is 9.94. The summed E-state index contributed by atoms with van der Waals surface area (Å²) in [7, 11) is 0. The zero-order chi connectivity index (χ0) is 23.1. The van der Waals surface area contributed by atoms with Gasteiger partial charge < -0.3 is 19.8 Å². The fourth-order valence-electron chi connectivity index (χ4n) is 4.21. The highest BCUT2D eigenvalue weighted by atomic mass is 16.8. The Morgan fingerprint density at radius 2 is 2.12 bits per heavy atom. The minimum absolute atomic E-state index is 0.158. The number of nitrogens with zero attached hydrogens (tertiary/aromatic N) is 4. The number of aryl methyl sites for hydroxylation is 2. The third-order valence-electron chi connectivity index (χ3n) is 6.04. The fourth-order valence-corrected chi connectivity index (χ4v) is 4.21. The van der Waals surface area contributed by atoms with Crippen LogP contribution in [0.2, 0.25) is 0 Å². The van der Waals surface area contributed by atoms with Crippen LogP contribution in [-0.2, 0) is 19.5 Å². The molecule has 1 aliphatic heterocycles. The van der Waals surface area contributed by atoms with Crippen molar-refractivity contribution in [3.63, 3.8) is 0 Å². The van der Waals surface area contributed by atoms with Crippen LogP contribution in [0.1, 0.15) is 48.9 Å². The Labute approximate surface area is 188 Å². The molecule has 10 heteroatoms. The molecule has 0 fully saturated rings. The Kier molecular flexibility index (Phi) is 5.04. The summed E-state index contributed by atoms with van der Waals surface area (Å²) in [5.41, 5.74) is 5.41. The maximum Gasteiger partial charge on any atom is 0.255 e. The highest BCUT2D eigenvalue weighted by Crippen LogP contribution is 2.25. The zero-order valence-corrected chi connectivity index (χ0v) is 18.1. The minimum atomic E-state index is -0.200. The molecule has 0 aliphatic carbocycles. The summed E-state index contributed by atoms with van der Waals surface area (Å²) in [5.74, 6) is 0.211. The summed E-state index contributed by atoms with van der Waals surface area (Å²) in [4.78, 5) is 32.1. The highest BCUT2D eigenvalue weighted by Gasteiger charge is 2.26. The molecule has 0 atom stereocenters. The van der Waals surface area contributed by atoms with Crippen LogP contribution in [0.3, 0.4) is 0 Å². The summed E-state index contributed by atoms with van der Waals surface area (Å²) < 4.78 is 9.79. The van der Waals surface area contributed by atoms with Crippen LogP contribution in [0.25, 0.3) is 11.0 Å². The molecule has 0 unspecified atom stereocenters. The van der Waals surface area contributed by atoms with Crippen molar-refractivity contribution in [2.45, 2.75) is 33.4 Å². The molecule has 0 bridgehead atoms. The monoisotopic (exact) mass is 447 g/mol. The van der Waals surface area contributed by atoms with E-state index in [4.69, 9.17) is 4.42 Å².